The molecule has 4 nitrogen and oxygen atoms in total. The van der Waals surface area contributed by atoms with Crippen molar-refractivity contribution in [2.45, 2.75) is 25.4 Å². The summed E-state index contributed by atoms with van der Waals surface area (Å²) < 4.78 is 0. The van der Waals surface area contributed by atoms with E-state index in [1.165, 1.54) is 6.07 Å². The van der Waals surface area contributed by atoms with Crippen LogP contribution in [0.2, 0.25) is 5.02 Å². The van der Waals surface area contributed by atoms with Crippen LogP contribution in [0.5, 0.6) is 5.75 Å². The minimum Gasteiger partial charge on any atom is -0.506 e. The lowest BCUT2D eigenvalue weighted by atomic mass is 10.2. The molecule has 1 aromatic rings. The number of likely N-dealkylation sites (tertiary alicyclic amines) is 1. The Morgan fingerprint density at radius 3 is 2.94 bits per heavy atom. The molecule has 0 bridgehead atoms. The van der Waals surface area contributed by atoms with Gasteiger partial charge in [0.05, 0.1) is 5.02 Å². The van der Waals surface area contributed by atoms with Crippen molar-refractivity contribution < 1.29 is 15.0 Å². The van der Waals surface area contributed by atoms with Gasteiger partial charge in [-0.3, -0.25) is 9.69 Å². The number of hydrogen-bond donors (Lipinski definition) is 2. The summed E-state index contributed by atoms with van der Waals surface area (Å²) in [6.45, 7) is 1.34. The lowest BCUT2D eigenvalue weighted by Gasteiger charge is -2.21. The van der Waals surface area contributed by atoms with Crippen molar-refractivity contribution in [3.05, 3.63) is 28.8 Å². The summed E-state index contributed by atoms with van der Waals surface area (Å²) in [7, 11) is 0. The maximum absolute atomic E-state index is 11.0. The molecule has 1 heterocycles. The summed E-state index contributed by atoms with van der Waals surface area (Å²) in [5.74, 6) is -0.723. The van der Waals surface area contributed by atoms with Crippen LogP contribution in [0.3, 0.4) is 0 Å². The maximum Gasteiger partial charge on any atom is 0.320 e. The number of phenolic OH excluding ortho intramolecular Hbond substituents is 1. The molecular formula is C12H14ClNO3. The van der Waals surface area contributed by atoms with Gasteiger partial charge in [-0.1, -0.05) is 17.7 Å². The van der Waals surface area contributed by atoms with E-state index >= 15 is 0 Å². The molecule has 1 saturated heterocycles. The first-order valence-corrected chi connectivity index (χ1v) is 5.90. The quantitative estimate of drug-likeness (QED) is 0.868. The number of carboxylic acid groups (broad SMARTS) is 1. The number of nitrogens with zero attached hydrogens (tertiary/aromatic N) is 1. The van der Waals surface area contributed by atoms with E-state index in [-0.39, 0.29) is 5.75 Å². The topological polar surface area (TPSA) is 60.8 Å². The van der Waals surface area contributed by atoms with Crippen molar-refractivity contribution in [2.24, 2.45) is 0 Å². The third-order valence-corrected chi connectivity index (χ3v) is 3.35. The zero-order valence-corrected chi connectivity index (χ0v) is 10.0. The molecule has 0 aromatic heterocycles. The highest BCUT2D eigenvalue weighted by molar-refractivity contribution is 6.32. The summed E-state index contributed by atoms with van der Waals surface area (Å²) in [4.78, 5) is 12.9. The Kier molecular flexibility index (Phi) is 3.54. The molecule has 1 fully saturated rings. The largest absolute Gasteiger partial charge is 0.506 e. The van der Waals surface area contributed by atoms with Crippen molar-refractivity contribution in [2.75, 3.05) is 6.54 Å². The van der Waals surface area contributed by atoms with Gasteiger partial charge in [-0.05, 0) is 37.1 Å². The van der Waals surface area contributed by atoms with Crippen LogP contribution in [-0.2, 0) is 11.3 Å². The highest BCUT2D eigenvalue weighted by Gasteiger charge is 2.30. The molecule has 0 aliphatic carbocycles. The molecule has 5 heteroatoms. The number of carbonyl (C=O) groups is 1. The second-order valence-electron chi connectivity index (χ2n) is 4.25. The number of benzene rings is 1. The van der Waals surface area contributed by atoms with E-state index in [1.807, 2.05) is 4.90 Å². The lowest BCUT2D eigenvalue weighted by Crippen LogP contribution is -2.35. The molecule has 0 amide bonds. The van der Waals surface area contributed by atoms with Crippen molar-refractivity contribution in [3.63, 3.8) is 0 Å². The predicted molar refractivity (Wildman–Crippen MR) is 64.2 cm³/mol. The van der Waals surface area contributed by atoms with Crippen LogP contribution < -0.4 is 0 Å². The van der Waals surface area contributed by atoms with E-state index in [4.69, 9.17) is 16.7 Å². The highest BCUT2D eigenvalue weighted by Crippen LogP contribution is 2.26. The average Bonchev–Trinajstić information content (AvgIpc) is 2.72. The summed E-state index contributed by atoms with van der Waals surface area (Å²) in [6, 6.07) is 4.57. The zero-order valence-electron chi connectivity index (χ0n) is 9.27. The van der Waals surface area contributed by atoms with Gasteiger partial charge in [-0.25, -0.2) is 0 Å². The van der Waals surface area contributed by atoms with E-state index in [2.05, 4.69) is 0 Å². The highest BCUT2D eigenvalue weighted by atomic mass is 35.5. The van der Waals surface area contributed by atoms with E-state index in [1.54, 1.807) is 12.1 Å². The van der Waals surface area contributed by atoms with Crippen LogP contribution in [0.1, 0.15) is 18.4 Å². The average molecular weight is 256 g/mol. The Morgan fingerprint density at radius 2 is 2.29 bits per heavy atom. The summed E-state index contributed by atoms with van der Waals surface area (Å²) in [6.07, 6.45) is 1.60. The number of aliphatic carboxylic acids is 1. The first-order valence-electron chi connectivity index (χ1n) is 5.52. The van der Waals surface area contributed by atoms with Gasteiger partial charge in [0, 0.05) is 6.54 Å². The normalized spacial score (nSPS) is 20.6. The Morgan fingerprint density at radius 1 is 1.53 bits per heavy atom. The van der Waals surface area contributed by atoms with E-state index in [0.717, 1.165) is 18.5 Å². The predicted octanol–water partition coefficient (Wildman–Crippen LogP) is 2.09. The smallest absolute Gasteiger partial charge is 0.320 e. The SMILES string of the molecule is O=C(O)C1CCCN1Cc1ccc(O)c(Cl)c1. The van der Waals surface area contributed by atoms with Gasteiger partial charge in [-0.2, -0.15) is 0 Å². The number of aromatic hydroxyl groups is 1. The lowest BCUT2D eigenvalue weighted by molar-refractivity contribution is -0.142. The first kappa shape index (κ1) is 12.2. The van der Waals surface area contributed by atoms with Crippen molar-refractivity contribution >= 4 is 17.6 Å². The molecule has 1 aliphatic rings. The minimum atomic E-state index is -0.771. The van der Waals surface area contributed by atoms with Gasteiger partial charge in [0.25, 0.3) is 0 Å². The van der Waals surface area contributed by atoms with Gasteiger partial charge in [0.15, 0.2) is 0 Å². The molecule has 2 N–H and O–H groups in total. The number of carboxylic acids is 1. The molecule has 1 aliphatic heterocycles. The van der Waals surface area contributed by atoms with Crippen molar-refractivity contribution in [3.8, 4) is 5.75 Å². The Bertz CT molecular complexity index is 436. The Labute approximate surface area is 104 Å². The fraction of sp³-hybridized carbons (Fsp3) is 0.417. The molecule has 17 heavy (non-hydrogen) atoms. The first-order chi connectivity index (χ1) is 8.08. The molecule has 1 atom stereocenters. The van der Waals surface area contributed by atoms with Gasteiger partial charge in [0.2, 0.25) is 0 Å². The van der Waals surface area contributed by atoms with E-state index in [0.29, 0.717) is 18.0 Å². The number of phenols is 1. The Hall–Kier alpha value is -1.26. The van der Waals surface area contributed by atoms with E-state index in [9.17, 15) is 9.90 Å². The van der Waals surface area contributed by atoms with Crippen LogP contribution in [0.25, 0.3) is 0 Å². The molecule has 1 unspecified atom stereocenters. The molecule has 0 radical (unpaired) electrons. The molecule has 0 spiro atoms. The fourth-order valence-corrected chi connectivity index (χ4v) is 2.38. The fourth-order valence-electron chi connectivity index (χ4n) is 2.18. The number of hydrogen-bond acceptors (Lipinski definition) is 3. The number of rotatable bonds is 3. The van der Waals surface area contributed by atoms with Crippen LogP contribution in [0, 0.1) is 0 Å². The summed E-state index contributed by atoms with van der Waals surface area (Å²) in [5.41, 5.74) is 0.918. The minimum absolute atomic E-state index is 0.0478. The van der Waals surface area contributed by atoms with Gasteiger partial charge in [-0.15, -0.1) is 0 Å². The van der Waals surface area contributed by atoms with Crippen LogP contribution in [-0.4, -0.2) is 33.7 Å². The molecule has 1 aromatic carbocycles. The van der Waals surface area contributed by atoms with Crippen molar-refractivity contribution in [1.82, 2.24) is 4.90 Å². The molecule has 92 valence electrons. The van der Waals surface area contributed by atoms with Crippen LogP contribution >= 0.6 is 11.6 Å². The summed E-state index contributed by atoms with van der Waals surface area (Å²) >= 11 is 5.81. The molecule has 2 rings (SSSR count). The molecule has 0 saturated carbocycles. The number of halogens is 1. The van der Waals surface area contributed by atoms with Gasteiger partial charge >= 0.3 is 5.97 Å². The molecular weight excluding hydrogens is 242 g/mol. The zero-order chi connectivity index (χ0) is 12.4. The van der Waals surface area contributed by atoms with Crippen LogP contribution in [0.4, 0.5) is 0 Å². The van der Waals surface area contributed by atoms with Crippen LogP contribution in [0.15, 0.2) is 18.2 Å². The Balaban J connectivity index is 2.09. The van der Waals surface area contributed by atoms with Crippen molar-refractivity contribution in [1.29, 1.82) is 0 Å². The summed E-state index contributed by atoms with van der Waals surface area (Å²) in [5, 5.41) is 18.7. The van der Waals surface area contributed by atoms with Gasteiger partial charge in [0.1, 0.15) is 11.8 Å². The monoisotopic (exact) mass is 255 g/mol. The maximum atomic E-state index is 11.0. The van der Waals surface area contributed by atoms with Gasteiger partial charge < -0.3 is 10.2 Å². The third kappa shape index (κ3) is 2.70. The second kappa shape index (κ2) is 4.94. The standard InChI is InChI=1S/C12H14ClNO3/c13-9-6-8(3-4-11(9)15)7-14-5-1-2-10(14)12(16)17/h3-4,6,10,15H,1-2,5,7H2,(H,16,17). The third-order valence-electron chi connectivity index (χ3n) is 3.05. The van der Waals surface area contributed by atoms with E-state index < -0.39 is 12.0 Å². The second-order valence-corrected chi connectivity index (χ2v) is 4.66.